The highest BCUT2D eigenvalue weighted by molar-refractivity contribution is 5.96. The van der Waals surface area contributed by atoms with Crippen molar-refractivity contribution in [1.29, 1.82) is 0 Å². The smallest absolute Gasteiger partial charge is 0.324 e. The Bertz CT molecular complexity index is 1080. The number of amides is 3. The molecule has 0 radical (unpaired) electrons. The maximum Gasteiger partial charge on any atom is 0.324 e. The molecule has 1 aliphatic heterocycles. The highest BCUT2D eigenvalue weighted by atomic mass is 16.2. The largest absolute Gasteiger partial charge is 0.354 e. The van der Waals surface area contributed by atoms with Crippen LogP contribution in [0.15, 0.2) is 54.6 Å². The molecule has 0 saturated heterocycles. The van der Waals surface area contributed by atoms with Crippen molar-refractivity contribution in [3.63, 3.8) is 0 Å². The van der Waals surface area contributed by atoms with E-state index in [1.807, 2.05) is 42.5 Å². The summed E-state index contributed by atoms with van der Waals surface area (Å²) in [6, 6.07) is 17.3. The Labute approximate surface area is 188 Å². The van der Waals surface area contributed by atoms with Crippen LogP contribution >= 0.6 is 0 Å². The number of nitrogens with one attached hydrogen (secondary N) is 2. The van der Waals surface area contributed by atoms with E-state index in [0.29, 0.717) is 32.0 Å². The molecule has 1 atom stereocenters. The van der Waals surface area contributed by atoms with Crippen molar-refractivity contribution in [2.24, 2.45) is 5.92 Å². The average molecular weight is 434 g/mol. The molecular formula is C25H31N5O2. The lowest BCUT2D eigenvalue weighted by atomic mass is 10.0. The zero-order valence-electron chi connectivity index (χ0n) is 18.8. The molecule has 168 valence electrons. The summed E-state index contributed by atoms with van der Waals surface area (Å²) < 4.78 is 2.05. The monoisotopic (exact) mass is 433 g/mol. The molecule has 0 unspecified atom stereocenters. The predicted octanol–water partition coefficient (Wildman–Crippen LogP) is 3.73. The number of rotatable bonds is 8. The van der Waals surface area contributed by atoms with Crippen LogP contribution < -0.4 is 15.5 Å². The van der Waals surface area contributed by atoms with E-state index >= 15 is 0 Å². The highest BCUT2D eigenvalue weighted by Crippen LogP contribution is 2.27. The van der Waals surface area contributed by atoms with Crippen LogP contribution in [0.25, 0.3) is 11.0 Å². The maximum atomic E-state index is 13.1. The number of urea groups is 1. The topological polar surface area (TPSA) is 79.3 Å². The molecule has 7 nitrogen and oxygen atoms in total. The van der Waals surface area contributed by atoms with Gasteiger partial charge in [0.25, 0.3) is 0 Å². The minimum atomic E-state index is -0.572. The third kappa shape index (κ3) is 4.93. The number of benzene rings is 2. The molecule has 2 N–H and O–H groups in total. The number of nitrogens with zero attached hydrogens (tertiary/aromatic N) is 3. The molecular weight excluding hydrogens is 402 g/mol. The van der Waals surface area contributed by atoms with E-state index in [0.717, 1.165) is 23.9 Å². The summed E-state index contributed by atoms with van der Waals surface area (Å²) in [7, 11) is 0. The Morgan fingerprint density at radius 3 is 2.56 bits per heavy atom. The van der Waals surface area contributed by atoms with Gasteiger partial charge in [0.2, 0.25) is 11.9 Å². The van der Waals surface area contributed by atoms with Crippen LogP contribution in [0, 0.1) is 5.92 Å². The maximum absolute atomic E-state index is 13.1. The summed E-state index contributed by atoms with van der Waals surface area (Å²) in [6.45, 7) is 5.93. The zero-order valence-corrected chi connectivity index (χ0v) is 18.8. The SMILES string of the molecule is CC(C)C[C@H](NC(=O)N1CCn2c1nc1ccccc12)C(=O)NCCCc1ccccc1. The van der Waals surface area contributed by atoms with Gasteiger partial charge in [-0.2, -0.15) is 0 Å². The number of anilines is 1. The van der Waals surface area contributed by atoms with Crippen LogP contribution in [0.4, 0.5) is 10.7 Å². The number of para-hydroxylation sites is 2. The minimum Gasteiger partial charge on any atom is -0.354 e. The van der Waals surface area contributed by atoms with Gasteiger partial charge in [-0.15, -0.1) is 0 Å². The Kier molecular flexibility index (Phi) is 6.73. The Balaban J connectivity index is 1.36. The van der Waals surface area contributed by atoms with E-state index in [9.17, 15) is 9.59 Å². The number of hydrogen-bond acceptors (Lipinski definition) is 3. The Hall–Kier alpha value is -3.35. The van der Waals surface area contributed by atoms with E-state index in [1.165, 1.54) is 5.56 Å². The van der Waals surface area contributed by atoms with E-state index in [-0.39, 0.29) is 17.9 Å². The number of imidazole rings is 1. The van der Waals surface area contributed by atoms with Crippen molar-refractivity contribution in [1.82, 2.24) is 20.2 Å². The second-order valence-electron chi connectivity index (χ2n) is 8.72. The molecule has 0 fully saturated rings. The van der Waals surface area contributed by atoms with Gasteiger partial charge in [-0.05, 0) is 42.9 Å². The highest BCUT2D eigenvalue weighted by Gasteiger charge is 2.31. The van der Waals surface area contributed by atoms with E-state index in [4.69, 9.17) is 0 Å². The fourth-order valence-electron chi connectivity index (χ4n) is 4.18. The molecule has 7 heteroatoms. The summed E-state index contributed by atoms with van der Waals surface area (Å²) in [5.41, 5.74) is 3.15. The third-order valence-electron chi connectivity index (χ3n) is 5.77. The van der Waals surface area contributed by atoms with Crippen LogP contribution in [0.1, 0.15) is 32.3 Å². The molecule has 4 rings (SSSR count). The van der Waals surface area contributed by atoms with Crippen molar-refractivity contribution in [2.45, 2.75) is 45.7 Å². The van der Waals surface area contributed by atoms with E-state index in [2.05, 4.69) is 46.2 Å². The van der Waals surface area contributed by atoms with Gasteiger partial charge >= 0.3 is 6.03 Å². The first-order chi connectivity index (χ1) is 15.5. The van der Waals surface area contributed by atoms with Gasteiger partial charge in [0.05, 0.1) is 11.0 Å². The van der Waals surface area contributed by atoms with Crippen LogP contribution in [0.5, 0.6) is 0 Å². The van der Waals surface area contributed by atoms with Gasteiger partial charge in [-0.25, -0.2) is 9.78 Å². The van der Waals surface area contributed by atoms with Crippen LogP contribution in [0.2, 0.25) is 0 Å². The molecule has 0 spiro atoms. The number of aryl methyl sites for hydroxylation is 1. The molecule has 2 heterocycles. The Morgan fingerprint density at radius 1 is 1.03 bits per heavy atom. The molecule has 3 amide bonds. The molecule has 0 aliphatic carbocycles. The number of fused-ring (bicyclic) bond motifs is 3. The lowest BCUT2D eigenvalue weighted by Gasteiger charge is -2.23. The summed E-state index contributed by atoms with van der Waals surface area (Å²) in [5, 5.41) is 5.96. The standard InChI is InChI=1S/C25H31N5O2/c1-18(2)17-21(23(31)26-14-8-11-19-9-4-3-5-10-19)28-25(32)30-16-15-29-22-13-7-6-12-20(22)27-24(29)30/h3-7,9-10,12-13,18,21H,8,11,14-17H2,1-2H3,(H,26,31)(H,28,32)/t21-/m0/s1. The predicted molar refractivity (Wildman–Crippen MR) is 127 cm³/mol. The number of carbonyl (C=O) groups excluding carboxylic acids is 2. The molecule has 1 aromatic heterocycles. The molecule has 0 saturated carbocycles. The number of carbonyl (C=O) groups is 2. The second kappa shape index (κ2) is 9.85. The van der Waals surface area contributed by atoms with Gasteiger partial charge < -0.3 is 15.2 Å². The van der Waals surface area contributed by atoms with Crippen molar-refractivity contribution in [3.05, 3.63) is 60.2 Å². The van der Waals surface area contributed by atoms with Gasteiger partial charge in [0.1, 0.15) is 6.04 Å². The lowest BCUT2D eigenvalue weighted by Crippen LogP contribution is -2.51. The van der Waals surface area contributed by atoms with Gasteiger partial charge in [-0.3, -0.25) is 9.69 Å². The van der Waals surface area contributed by atoms with Gasteiger partial charge in [0.15, 0.2) is 0 Å². The van der Waals surface area contributed by atoms with Gasteiger partial charge in [-0.1, -0.05) is 56.3 Å². The van der Waals surface area contributed by atoms with Crippen molar-refractivity contribution >= 4 is 28.9 Å². The average Bonchev–Trinajstić information content (AvgIpc) is 3.36. The molecule has 32 heavy (non-hydrogen) atoms. The van der Waals surface area contributed by atoms with Crippen LogP contribution in [-0.2, 0) is 17.8 Å². The Morgan fingerprint density at radius 2 is 1.78 bits per heavy atom. The molecule has 1 aliphatic rings. The fourth-order valence-corrected chi connectivity index (χ4v) is 4.18. The zero-order chi connectivity index (χ0) is 22.5. The van der Waals surface area contributed by atoms with Crippen LogP contribution in [-0.4, -0.2) is 40.6 Å². The summed E-state index contributed by atoms with van der Waals surface area (Å²) >= 11 is 0. The first-order valence-corrected chi connectivity index (χ1v) is 11.4. The molecule has 0 bridgehead atoms. The van der Waals surface area contributed by atoms with Crippen molar-refractivity contribution < 1.29 is 9.59 Å². The quantitative estimate of drug-likeness (QED) is 0.531. The van der Waals surface area contributed by atoms with Crippen molar-refractivity contribution in [3.8, 4) is 0 Å². The van der Waals surface area contributed by atoms with Crippen molar-refractivity contribution in [2.75, 3.05) is 18.0 Å². The van der Waals surface area contributed by atoms with E-state index in [1.54, 1.807) is 4.90 Å². The summed E-state index contributed by atoms with van der Waals surface area (Å²) in [5.74, 6) is 0.779. The summed E-state index contributed by atoms with van der Waals surface area (Å²) in [4.78, 5) is 32.2. The van der Waals surface area contributed by atoms with E-state index < -0.39 is 6.04 Å². The normalized spacial score (nSPS) is 13.9. The first-order valence-electron chi connectivity index (χ1n) is 11.4. The molecule has 2 aromatic carbocycles. The first kappa shape index (κ1) is 21.9. The third-order valence-corrected chi connectivity index (χ3v) is 5.77. The fraction of sp³-hybridized carbons (Fsp3) is 0.400. The summed E-state index contributed by atoms with van der Waals surface area (Å²) in [6.07, 6.45) is 2.35. The number of aromatic nitrogens is 2. The van der Waals surface area contributed by atoms with Crippen LogP contribution in [0.3, 0.4) is 0 Å². The number of hydrogen-bond donors (Lipinski definition) is 2. The van der Waals surface area contributed by atoms with Gasteiger partial charge in [0, 0.05) is 19.6 Å². The second-order valence-corrected chi connectivity index (χ2v) is 8.72. The minimum absolute atomic E-state index is 0.132. The lowest BCUT2D eigenvalue weighted by molar-refractivity contribution is -0.123. The molecule has 3 aromatic rings.